The molecule has 1 aromatic carbocycles. The Labute approximate surface area is 106 Å². The number of aryl methyl sites for hydroxylation is 1. The molecule has 0 bridgehead atoms. The van der Waals surface area contributed by atoms with Crippen LogP contribution in [0.25, 0.3) is 0 Å². The minimum atomic E-state index is 0.0486. The Kier molecular flexibility index (Phi) is 3.92. The SMILES string of the molecule is Cc1ccc(SC(c2ccco2)C(C)N)cc1. The smallest absolute Gasteiger partial charge is 0.118 e. The molecule has 3 heteroatoms. The van der Waals surface area contributed by atoms with Crippen molar-refractivity contribution < 1.29 is 4.42 Å². The van der Waals surface area contributed by atoms with E-state index in [1.54, 1.807) is 18.0 Å². The first-order chi connectivity index (χ1) is 8.16. The monoisotopic (exact) mass is 247 g/mol. The van der Waals surface area contributed by atoms with E-state index in [9.17, 15) is 0 Å². The summed E-state index contributed by atoms with van der Waals surface area (Å²) in [5, 5.41) is 0.160. The fourth-order valence-electron chi connectivity index (χ4n) is 1.64. The van der Waals surface area contributed by atoms with Gasteiger partial charge in [-0.25, -0.2) is 0 Å². The van der Waals surface area contributed by atoms with Crippen LogP contribution in [-0.4, -0.2) is 6.04 Å². The molecule has 0 amide bonds. The van der Waals surface area contributed by atoms with E-state index in [4.69, 9.17) is 10.2 Å². The first-order valence-electron chi connectivity index (χ1n) is 5.69. The van der Waals surface area contributed by atoms with Crippen molar-refractivity contribution in [3.63, 3.8) is 0 Å². The highest BCUT2D eigenvalue weighted by Crippen LogP contribution is 2.37. The second kappa shape index (κ2) is 5.43. The molecule has 0 aliphatic rings. The first kappa shape index (κ1) is 12.3. The summed E-state index contributed by atoms with van der Waals surface area (Å²) in [4.78, 5) is 1.22. The molecule has 90 valence electrons. The molecule has 0 saturated heterocycles. The van der Waals surface area contributed by atoms with E-state index in [2.05, 4.69) is 31.2 Å². The highest BCUT2D eigenvalue weighted by Gasteiger charge is 2.20. The lowest BCUT2D eigenvalue weighted by Gasteiger charge is -2.18. The van der Waals surface area contributed by atoms with E-state index in [1.165, 1.54) is 10.5 Å². The Bertz CT molecular complexity index is 448. The molecule has 2 unspecified atom stereocenters. The van der Waals surface area contributed by atoms with Crippen LogP contribution < -0.4 is 5.73 Å². The summed E-state index contributed by atoms with van der Waals surface area (Å²) >= 11 is 1.74. The highest BCUT2D eigenvalue weighted by atomic mass is 32.2. The average Bonchev–Trinajstić information content (AvgIpc) is 2.81. The number of hydrogen-bond acceptors (Lipinski definition) is 3. The van der Waals surface area contributed by atoms with Crippen LogP contribution in [0.3, 0.4) is 0 Å². The van der Waals surface area contributed by atoms with E-state index in [-0.39, 0.29) is 11.3 Å². The van der Waals surface area contributed by atoms with E-state index >= 15 is 0 Å². The topological polar surface area (TPSA) is 39.2 Å². The molecule has 17 heavy (non-hydrogen) atoms. The number of nitrogens with two attached hydrogens (primary N) is 1. The number of thioether (sulfide) groups is 1. The summed E-state index contributed by atoms with van der Waals surface area (Å²) in [6.45, 7) is 4.10. The fraction of sp³-hybridized carbons (Fsp3) is 0.286. The third-order valence-corrected chi connectivity index (χ3v) is 4.05. The zero-order chi connectivity index (χ0) is 12.3. The molecule has 1 heterocycles. The molecule has 2 nitrogen and oxygen atoms in total. The lowest BCUT2D eigenvalue weighted by atomic mass is 10.2. The molecule has 0 fully saturated rings. The Balaban J connectivity index is 2.16. The van der Waals surface area contributed by atoms with Gasteiger partial charge in [-0.3, -0.25) is 0 Å². The number of furan rings is 1. The Hall–Kier alpha value is -1.19. The standard InChI is InChI=1S/C14H17NOS/c1-10-5-7-12(8-6-10)17-14(11(2)15)13-4-3-9-16-13/h3-9,11,14H,15H2,1-2H3. The summed E-state index contributed by atoms with van der Waals surface area (Å²) in [5.41, 5.74) is 7.29. The summed E-state index contributed by atoms with van der Waals surface area (Å²) in [6, 6.07) is 12.4. The van der Waals surface area contributed by atoms with Crippen LogP contribution in [0.4, 0.5) is 0 Å². The predicted octanol–water partition coefficient (Wildman–Crippen LogP) is 3.77. The third kappa shape index (κ3) is 3.14. The molecule has 1 aromatic heterocycles. The van der Waals surface area contributed by atoms with Gasteiger partial charge in [-0.1, -0.05) is 17.7 Å². The maximum atomic E-state index is 6.02. The second-order valence-electron chi connectivity index (χ2n) is 4.23. The van der Waals surface area contributed by atoms with Crippen molar-refractivity contribution in [2.75, 3.05) is 0 Å². The van der Waals surface area contributed by atoms with Gasteiger partial charge in [0.2, 0.25) is 0 Å². The zero-order valence-corrected chi connectivity index (χ0v) is 10.9. The van der Waals surface area contributed by atoms with Gasteiger partial charge in [0.05, 0.1) is 11.5 Å². The van der Waals surface area contributed by atoms with Crippen molar-refractivity contribution in [2.24, 2.45) is 5.73 Å². The van der Waals surface area contributed by atoms with Crippen LogP contribution in [0.2, 0.25) is 0 Å². The molecule has 2 aromatic rings. The number of rotatable bonds is 4. The van der Waals surface area contributed by atoms with Crippen molar-refractivity contribution in [1.29, 1.82) is 0 Å². The van der Waals surface area contributed by atoms with Crippen molar-refractivity contribution >= 4 is 11.8 Å². The van der Waals surface area contributed by atoms with Crippen molar-refractivity contribution in [1.82, 2.24) is 0 Å². The molecule has 0 saturated carbocycles. The molecule has 0 aliphatic carbocycles. The summed E-state index contributed by atoms with van der Waals surface area (Å²) in [5.74, 6) is 0.936. The van der Waals surface area contributed by atoms with Gasteiger partial charge in [0.1, 0.15) is 5.76 Å². The van der Waals surface area contributed by atoms with Gasteiger partial charge < -0.3 is 10.2 Å². The lowest BCUT2D eigenvalue weighted by Crippen LogP contribution is -2.22. The first-order valence-corrected chi connectivity index (χ1v) is 6.57. The summed E-state index contributed by atoms with van der Waals surface area (Å²) in [7, 11) is 0. The van der Waals surface area contributed by atoms with Crippen LogP contribution in [0, 0.1) is 6.92 Å². The fourth-order valence-corrected chi connectivity index (χ4v) is 2.69. The van der Waals surface area contributed by atoms with Crippen LogP contribution in [-0.2, 0) is 0 Å². The van der Waals surface area contributed by atoms with E-state index in [1.807, 2.05) is 19.1 Å². The Morgan fingerprint density at radius 3 is 2.41 bits per heavy atom. The summed E-state index contributed by atoms with van der Waals surface area (Å²) < 4.78 is 5.45. The summed E-state index contributed by atoms with van der Waals surface area (Å²) in [6.07, 6.45) is 1.69. The van der Waals surface area contributed by atoms with Gasteiger partial charge in [0, 0.05) is 10.9 Å². The maximum absolute atomic E-state index is 6.02. The largest absolute Gasteiger partial charge is 0.468 e. The Morgan fingerprint density at radius 1 is 1.18 bits per heavy atom. The van der Waals surface area contributed by atoms with Crippen molar-refractivity contribution in [2.45, 2.75) is 30.0 Å². The van der Waals surface area contributed by atoms with Gasteiger partial charge >= 0.3 is 0 Å². The molecule has 2 N–H and O–H groups in total. The lowest BCUT2D eigenvalue weighted by molar-refractivity contribution is 0.487. The third-order valence-electron chi connectivity index (χ3n) is 2.59. The molecular weight excluding hydrogens is 230 g/mol. The van der Waals surface area contributed by atoms with Gasteiger partial charge in [-0.2, -0.15) is 0 Å². The van der Waals surface area contributed by atoms with E-state index < -0.39 is 0 Å². The average molecular weight is 247 g/mol. The molecule has 2 rings (SSSR count). The molecule has 0 aliphatic heterocycles. The highest BCUT2D eigenvalue weighted by molar-refractivity contribution is 7.99. The van der Waals surface area contributed by atoms with Crippen LogP contribution in [0.5, 0.6) is 0 Å². The van der Waals surface area contributed by atoms with E-state index in [0.29, 0.717) is 0 Å². The minimum Gasteiger partial charge on any atom is -0.468 e. The maximum Gasteiger partial charge on any atom is 0.118 e. The molecule has 0 radical (unpaired) electrons. The van der Waals surface area contributed by atoms with E-state index in [0.717, 1.165) is 5.76 Å². The predicted molar refractivity (Wildman–Crippen MR) is 72.1 cm³/mol. The number of hydrogen-bond donors (Lipinski definition) is 1. The molecule has 2 atom stereocenters. The van der Waals surface area contributed by atoms with Crippen LogP contribution in [0.15, 0.2) is 52.0 Å². The zero-order valence-electron chi connectivity index (χ0n) is 10.1. The quantitative estimate of drug-likeness (QED) is 0.836. The van der Waals surface area contributed by atoms with Crippen LogP contribution in [0.1, 0.15) is 23.5 Å². The van der Waals surface area contributed by atoms with Crippen molar-refractivity contribution in [3.05, 3.63) is 54.0 Å². The van der Waals surface area contributed by atoms with Gasteiger partial charge in [-0.05, 0) is 38.1 Å². The number of benzene rings is 1. The minimum absolute atomic E-state index is 0.0486. The van der Waals surface area contributed by atoms with Crippen LogP contribution >= 0.6 is 11.8 Å². The van der Waals surface area contributed by atoms with Crippen molar-refractivity contribution in [3.8, 4) is 0 Å². The molecule has 0 spiro atoms. The second-order valence-corrected chi connectivity index (χ2v) is 5.44. The van der Waals surface area contributed by atoms with Gasteiger partial charge in [0.15, 0.2) is 0 Å². The molecular formula is C14H17NOS. The Morgan fingerprint density at radius 2 is 1.88 bits per heavy atom. The van der Waals surface area contributed by atoms with Gasteiger partial charge in [-0.15, -0.1) is 11.8 Å². The normalized spacial score (nSPS) is 14.5. The van der Waals surface area contributed by atoms with Gasteiger partial charge in [0.25, 0.3) is 0 Å².